The summed E-state index contributed by atoms with van der Waals surface area (Å²) in [5.41, 5.74) is 2.37. The van der Waals surface area contributed by atoms with E-state index in [1.165, 1.54) is 5.56 Å². The van der Waals surface area contributed by atoms with Crippen molar-refractivity contribution in [3.05, 3.63) is 58.1 Å². The predicted octanol–water partition coefficient (Wildman–Crippen LogP) is 3.49. The van der Waals surface area contributed by atoms with E-state index in [0.717, 1.165) is 21.5 Å². The minimum Gasteiger partial charge on any atom is -0.454 e. The molecule has 0 saturated heterocycles. The van der Waals surface area contributed by atoms with Crippen molar-refractivity contribution >= 4 is 15.9 Å². The molecule has 0 spiro atoms. The quantitative estimate of drug-likeness (QED) is 0.939. The van der Waals surface area contributed by atoms with Crippen molar-refractivity contribution in [3.8, 4) is 11.5 Å². The molecule has 1 unspecified atom stereocenters. The summed E-state index contributed by atoms with van der Waals surface area (Å²) in [4.78, 5) is 0. The lowest BCUT2D eigenvalue weighted by atomic mass is 9.98. The molecular weight excluding hydrogens is 306 g/mol. The predicted molar refractivity (Wildman–Crippen MR) is 77.6 cm³/mol. The molecule has 3 nitrogen and oxygen atoms in total. The van der Waals surface area contributed by atoms with E-state index in [-0.39, 0.29) is 6.04 Å². The van der Waals surface area contributed by atoms with Gasteiger partial charge in [-0.3, -0.25) is 0 Å². The highest BCUT2D eigenvalue weighted by Gasteiger charge is 2.18. The Kier molecular flexibility index (Phi) is 3.44. The minimum absolute atomic E-state index is 0.141. The maximum atomic E-state index is 5.43. The first-order chi connectivity index (χ1) is 9.28. The van der Waals surface area contributed by atoms with Gasteiger partial charge in [-0.15, -0.1) is 0 Å². The molecule has 1 aliphatic rings. The summed E-state index contributed by atoms with van der Waals surface area (Å²) in [5.74, 6) is 1.63. The van der Waals surface area contributed by atoms with Gasteiger partial charge >= 0.3 is 0 Å². The van der Waals surface area contributed by atoms with Gasteiger partial charge in [0.15, 0.2) is 11.5 Å². The van der Waals surface area contributed by atoms with Crippen LogP contribution in [0.5, 0.6) is 11.5 Å². The molecule has 1 heterocycles. The van der Waals surface area contributed by atoms with Crippen molar-refractivity contribution in [3.63, 3.8) is 0 Å². The molecule has 1 aliphatic heterocycles. The molecule has 4 heteroatoms. The Labute approximate surface area is 120 Å². The van der Waals surface area contributed by atoms with Crippen LogP contribution in [0, 0.1) is 0 Å². The van der Waals surface area contributed by atoms with Crippen molar-refractivity contribution < 1.29 is 9.47 Å². The summed E-state index contributed by atoms with van der Waals surface area (Å²) in [7, 11) is 1.96. The lowest BCUT2D eigenvalue weighted by molar-refractivity contribution is 0.174. The number of hydrogen-bond acceptors (Lipinski definition) is 3. The SMILES string of the molecule is CNC(c1ccc(Br)cc1)c1ccc2c(c1)OCO2. The Morgan fingerprint density at radius 2 is 1.68 bits per heavy atom. The number of ether oxygens (including phenoxy) is 2. The highest BCUT2D eigenvalue weighted by molar-refractivity contribution is 9.10. The van der Waals surface area contributed by atoms with Crippen LogP contribution >= 0.6 is 15.9 Å². The van der Waals surface area contributed by atoms with Gasteiger partial charge in [-0.1, -0.05) is 34.1 Å². The Bertz CT molecular complexity index is 583. The molecule has 0 radical (unpaired) electrons. The molecule has 1 atom stereocenters. The van der Waals surface area contributed by atoms with Gasteiger partial charge in [0.05, 0.1) is 6.04 Å². The third-order valence-corrected chi connectivity index (χ3v) is 3.75. The van der Waals surface area contributed by atoms with E-state index in [2.05, 4.69) is 39.4 Å². The normalized spacial score (nSPS) is 14.4. The van der Waals surface area contributed by atoms with Gasteiger partial charge in [-0.05, 0) is 42.4 Å². The molecule has 0 amide bonds. The van der Waals surface area contributed by atoms with Crippen LogP contribution in [0.1, 0.15) is 17.2 Å². The standard InChI is InChI=1S/C15H14BrNO2/c1-17-15(10-2-5-12(16)6-3-10)11-4-7-13-14(8-11)19-9-18-13/h2-8,15,17H,9H2,1H3. The largest absolute Gasteiger partial charge is 0.454 e. The monoisotopic (exact) mass is 319 g/mol. The molecule has 0 fully saturated rings. The molecular formula is C15H14BrNO2. The first kappa shape index (κ1) is 12.5. The van der Waals surface area contributed by atoms with Crippen molar-refractivity contribution in [1.82, 2.24) is 5.32 Å². The molecule has 1 N–H and O–H groups in total. The van der Waals surface area contributed by atoms with Gasteiger partial charge in [0, 0.05) is 4.47 Å². The summed E-state index contributed by atoms with van der Waals surface area (Å²) in [6.07, 6.45) is 0. The van der Waals surface area contributed by atoms with Gasteiger partial charge in [-0.25, -0.2) is 0 Å². The fourth-order valence-electron chi connectivity index (χ4n) is 2.27. The lowest BCUT2D eigenvalue weighted by Gasteiger charge is -2.17. The van der Waals surface area contributed by atoms with Crippen LogP contribution in [0.2, 0.25) is 0 Å². The Hall–Kier alpha value is -1.52. The van der Waals surface area contributed by atoms with E-state index in [1.807, 2.05) is 31.3 Å². The molecule has 2 aromatic rings. The minimum atomic E-state index is 0.141. The van der Waals surface area contributed by atoms with Gasteiger partial charge in [0.1, 0.15) is 0 Å². The fourth-order valence-corrected chi connectivity index (χ4v) is 2.54. The number of halogens is 1. The molecule has 19 heavy (non-hydrogen) atoms. The van der Waals surface area contributed by atoms with Crippen molar-refractivity contribution in [1.29, 1.82) is 0 Å². The Morgan fingerprint density at radius 3 is 2.42 bits per heavy atom. The molecule has 98 valence electrons. The third-order valence-electron chi connectivity index (χ3n) is 3.22. The van der Waals surface area contributed by atoms with Crippen LogP contribution in [0.15, 0.2) is 46.9 Å². The molecule has 0 aromatic heterocycles. The maximum absolute atomic E-state index is 5.43. The summed E-state index contributed by atoms with van der Waals surface area (Å²) in [6, 6.07) is 14.5. The van der Waals surface area contributed by atoms with Crippen LogP contribution in [0.3, 0.4) is 0 Å². The second-order valence-corrected chi connectivity index (χ2v) is 5.30. The third kappa shape index (κ3) is 2.46. The van der Waals surface area contributed by atoms with E-state index < -0.39 is 0 Å². The number of nitrogens with one attached hydrogen (secondary N) is 1. The lowest BCUT2D eigenvalue weighted by Crippen LogP contribution is -2.17. The van der Waals surface area contributed by atoms with Crippen LogP contribution in [0.25, 0.3) is 0 Å². The number of fused-ring (bicyclic) bond motifs is 1. The van der Waals surface area contributed by atoms with Gasteiger partial charge in [0.2, 0.25) is 6.79 Å². The van der Waals surface area contributed by atoms with Crippen molar-refractivity contribution in [2.75, 3.05) is 13.8 Å². The highest BCUT2D eigenvalue weighted by Crippen LogP contribution is 2.35. The van der Waals surface area contributed by atoms with Crippen molar-refractivity contribution in [2.45, 2.75) is 6.04 Å². The highest BCUT2D eigenvalue weighted by atomic mass is 79.9. The second kappa shape index (κ2) is 5.23. The van der Waals surface area contributed by atoms with Gasteiger partial charge in [-0.2, -0.15) is 0 Å². The summed E-state index contributed by atoms with van der Waals surface area (Å²) in [5, 5.41) is 3.33. The summed E-state index contributed by atoms with van der Waals surface area (Å²) < 4.78 is 11.9. The van der Waals surface area contributed by atoms with E-state index in [4.69, 9.17) is 9.47 Å². The zero-order valence-electron chi connectivity index (χ0n) is 10.5. The van der Waals surface area contributed by atoms with Crippen LogP contribution in [0.4, 0.5) is 0 Å². The number of hydrogen-bond donors (Lipinski definition) is 1. The van der Waals surface area contributed by atoms with Crippen LogP contribution < -0.4 is 14.8 Å². The van der Waals surface area contributed by atoms with E-state index in [9.17, 15) is 0 Å². The van der Waals surface area contributed by atoms with E-state index in [1.54, 1.807) is 0 Å². The first-order valence-electron chi connectivity index (χ1n) is 6.10. The molecule has 0 saturated carbocycles. The topological polar surface area (TPSA) is 30.5 Å². The number of rotatable bonds is 3. The van der Waals surface area contributed by atoms with E-state index in [0.29, 0.717) is 6.79 Å². The maximum Gasteiger partial charge on any atom is 0.231 e. The molecule has 0 aliphatic carbocycles. The fraction of sp³-hybridized carbons (Fsp3) is 0.200. The summed E-state index contributed by atoms with van der Waals surface area (Å²) in [6.45, 7) is 0.307. The Morgan fingerprint density at radius 1 is 1.00 bits per heavy atom. The van der Waals surface area contributed by atoms with Crippen LogP contribution in [-0.4, -0.2) is 13.8 Å². The van der Waals surface area contributed by atoms with Gasteiger partial charge in [0.25, 0.3) is 0 Å². The smallest absolute Gasteiger partial charge is 0.231 e. The van der Waals surface area contributed by atoms with Crippen molar-refractivity contribution in [2.24, 2.45) is 0 Å². The summed E-state index contributed by atoms with van der Waals surface area (Å²) >= 11 is 3.46. The molecule has 3 rings (SSSR count). The number of benzene rings is 2. The Balaban J connectivity index is 1.96. The molecule has 0 bridgehead atoms. The zero-order chi connectivity index (χ0) is 13.2. The molecule has 2 aromatic carbocycles. The van der Waals surface area contributed by atoms with Crippen LogP contribution in [-0.2, 0) is 0 Å². The average Bonchev–Trinajstić information content (AvgIpc) is 2.89. The second-order valence-electron chi connectivity index (χ2n) is 4.39. The van der Waals surface area contributed by atoms with E-state index >= 15 is 0 Å². The zero-order valence-corrected chi connectivity index (χ0v) is 12.1. The first-order valence-corrected chi connectivity index (χ1v) is 6.89. The van der Waals surface area contributed by atoms with Gasteiger partial charge < -0.3 is 14.8 Å². The average molecular weight is 320 g/mol.